The van der Waals surface area contributed by atoms with Crippen LogP contribution in [0.5, 0.6) is 0 Å². The zero-order valence-corrected chi connectivity index (χ0v) is 9.85. The lowest BCUT2D eigenvalue weighted by Crippen LogP contribution is -1.97. The fraction of sp³-hybridized carbons (Fsp3) is 0.0833. The molecule has 6 heteroatoms. The van der Waals surface area contributed by atoms with Crippen molar-refractivity contribution in [2.24, 2.45) is 7.05 Å². The summed E-state index contributed by atoms with van der Waals surface area (Å²) in [4.78, 5) is 0. The molecule has 3 rings (SSSR count). The lowest BCUT2D eigenvalue weighted by Gasteiger charge is -2.02. The van der Waals surface area contributed by atoms with Gasteiger partial charge in [-0.3, -0.25) is 4.68 Å². The van der Waals surface area contributed by atoms with Crippen LogP contribution in [-0.4, -0.2) is 24.8 Å². The number of benzene rings is 1. The molecule has 0 unspecified atom stereocenters. The third-order valence-corrected chi connectivity index (χ3v) is 2.75. The summed E-state index contributed by atoms with van der Waals surface area (Å²) in [6, 6.07) is 9.75. The molecule has 6 nitrogen and oxygen atoms in total. The highest BCUT2D eigenvalue weighted by atomic mass is 15.4. The molecular formula is C12H12N6. The summed E-state index contributed by atoms with van der Waals surface area (Å²) in [7, 11) is 1.82. The lowest BCUT2D eigenvalue weighted by molar-refractivity contribution is 0.781. The Kier molecular flexibility index (Phi) is 2.33. The minimum atomic E-state index is 0.635. The van der Waals surface area contributed by atoms with E-state index in [1.807, 2.05) is 37.4 Å². The van der Waals surface area contributed by atoms with Crippen molar-refractivity contribution in [1.82, 2.24) is 24.8 Å². The zero-order valence-electron chi connectivity index (χ0n) is 9.85. The summed E-state index contributed by atoms with van der Waals surface area (Å²) in [6.45, 7) is 0. The van der Waals surface area contributed by atoms with E-state index in [0.717, 1.165) is 16.9 Å². The Hall–Kier alpha value is -2.63. The van der Waals surface area contributed by atoms with E-state index in [1.54, 1.807) is 21.8 Å². The SMILES string of the molecule is Cn1nc(-c2cccc(-n3ccnn3)c2)cc1N. The standard InChI is InChI=1S/C12H12N6/c1-17-12(13)8-11(15-17)9-3-2-4-10(7-9)18-6-5-14-16-18/h2-8H,13H2,1H3. The van der Waals surface area contributed by atoms with Gasteiger partial charge in [-0.05, 0) is 12.1 Å². The molecule has 0 spiro atoms. The Bertz CT molecular complexity index is 648. The second-order valence-electron chi connectivity index (χ2n) is 3.98. The second-order valence-corrected chi connectivity index (χ2v) is 3.98. The van der Waals surface area contributed by atoms with E-state index >= 15 is 0 Å². The van der Waals surface area contributed by atoms with Crippen LogP contribution in [-0.2, 0) is 7.05 Å². The van der Waals surface area contributed by atoms with Crippen LogP contribution >= 0.6 is 0 Å². The largest absolute Gasteiger partial charge is 0.384 e. The second kappa shape index (κ2) is 3.99. The average molecular weight is 240 g/mol. The maximum absolute atomic E-state index is 5.78. The van der Waals surface area contributed by atoms with Gasteiger partial charge in [-0.15, -0.1) is 5.10 Å². The molecule has 2 aromatic heterocycles. The first-order valence-corrected chi connectivity index (χ1v) is 5.51. The van der Waals surface area contributed by atoms with Gasteiger partial charge in [-0.1, -0.05) is 17.3 Å². The Morgan fingerprint density at radius 1 is 1.22 bits per heavy atom. The molecule has 0 aliphatic carbocycles. The van der Waals surface area contributed by atoms with Gasteiger partial charge in [0.05, 0.1) is 23.8 Å². The van der Waals surface area contributed by atoms with Gasteiger partial charge in [0.2, 0.25) is 0 Å². The molecule has 2 N–H and O–H groups in total. The van der Waals surface area contributed by atoms with Crippen molar-refractivity contribution in [3.05, 3.63) is 42.7 Å². The van der Waals surface area contributed by atoms with E-state index in [4.69, 9.17) is 5.73 Å². The topological polar surface area (TPSA) is 74.5 Å². The summed E-state index contributed by atoms with van der Waals surface area (Å²) in [5.74, 6) is 0.635. The van der Waals surface area contributed by atoms with E-state index in [9.17, 15) is 0 Å². The molecule has 1 aromatic carbocycles. The number of nitrogens with two attached hydrogens (primary N) is 1. The highest BCUT2D eigenvalue weighted by Gasteiger charge is 2.06. The Morgan fingerprint density at radius 2 is 2.11 bits per heavy atom. The highest BCUT2D eigenvalue weighted by molar-refractivity contribution is 5.64. The van der Waals surface area contributed by atoms with E-state index in [-0.39, 0.29) is 0 Å². The fourth-order valence-electron chi connectivity index (χ4n) is 1.78. The van der Waals surface area contributed by atoms with Crippen LogP contribution in [0.1, 0.15) is 0 Å². The molecule has 0 aliphatic heterocycles. The third-order valence-electron chi connectivity index (χ3n) is 2.75. The van der Waals surface area contributed by atoms with Crippen LogP contribution in [0.25, 0.3) is 16.9 Å². The van der Waals surface area contributed by atoms with Gasteiger partial charge in [0.1, 0.15) is 5.82 Å². The molecular weight excluding hydrogens is 228 g/mol. The number of nitrogens with zero attached hydrogens (tertiary/aromatic N) is 5. The molecule has 90 valence electrons. The lowest BCUT2D eigenvalue weighted by atomic mass is 10.1. The zero-order chi connectivity index (χ0) is 12.5. The summed E-state index contributed by atoms with van der Waals surface area (Å²) >= 11 is 0. The van der Waals surface area contributed by atoms with Gasteiger partial charge >= 0.3 is 0 Å². The predicted octanol–water partition coefficient (Wildman–Crippen LogP) is 1.25. The molecule has 0 amide bonds. The Labute approximate surface area is 104 Å². The van der Waals surface area contributed by atoms with Gasteiger partial charge in [0.15, 0.2) is 0 Å². The smallest absolute Gasteiger partial charge is 0.121 e. The third kappa shape index (κ3) is 1.73. The van der Waals surface area contributed by atoms with Crippen molar-refractivity contribution in [3.63, 3.8) is 0 Å². The van der Waals surface area contributed by atoms with E-state index < -0.39 is 0 Å². The van der Waals surface area contributed by atoms with Gasteiger partial charge in [-0.25, -0.2) is 4.68 Å². The van der Waals surface area contributed by atoms with Crippen molar-refractivity contribution >= 4 is 5.82 Å². The quantitative estimate of drug-likeness (QED) is 0.731. The molecule has 18 heavy (non-hydrogen) atoms. The maximum Gasteiger partial charge on any atom is 0.121 e. The van der Waals surface area contributed by atoms with Crippen LogP contribution in [0.3, 0.4) is 0 Å². The van der Waals surface area contributed by atoms with Crippen molar-refractivity contribution in [1.29, 1.82) is 0 Å². The first kappa shape index (κ1) is 10.5. The number of hydrogen-bond donors (Lipinski definition) is 1. The van der Waals surface area contributed by atoms with Gasteiger partial charge in [0.25, 0.3) is 0 Å². The van der Waals surface area contributed by atoms with Crippen molar-refractivity contribution in [2.75, 3.05) is 5.73 Å². The maximum atomic E-state index is 5.78. The number of aromatic nitrogens is 5. The van der Waals surface area contributed by atoms with Crippen LogP contribution in [0.15, 0.2) is 42.7 Å². The summed E-state index contributed by atoms with van der Waals surface area (Å²) in [5.41, 5.74) is 8.56. The van der Waals surface area contributed by atoms with Crippen LogP contribution in [0, 0.1) is 0 Å². The number of hydrogen-bond acceptors (Lipinski definition) is 4. The number of anilines is 1. The Balaban J connectivity index is 2.06. The predicted molar refractivity (Wildman–Crippen MR) is 68.0 cm³/mol. The molecule has 0 aliphatic rings. The van der Waals surface area contributed by atoms with E-state index in [0.29, 0.717) is 5.82 Å². The molecule has 2 heterocycles. The van der Waals surface area contributed by atoms with Crippen LogP contribution < -0.4 is 5.73 Å². The summed E-state index contributed by atoms with van der Waals surface area (Å²) in [5, 5.41) is 12.1. The Morgan fingerprint density at radius 3 is 2.78 bits per heavy atom. The average Bonchev–Trinajstić information content (AvgIpc) is 3.01. The molecule has 0 fully saturated rings. The molecule has 0 atom stereocenters. The first-order valence-electron chi connectivity index (χ1n) is 5.51. The van der Waals surface area contributed by atoms with Crippen molar-refractivity contribution < 1.29 is 0 Å². The van der Waals surface area contributed by atoms with Gasteiger partial charge < -0.3 is 5.73 Å². The minimum Gasteiger partial charge on any atom is -0.384 e. The normalized spacial score (nSPS) is 10.7. The van der Waals surface area contributed by atoms with Gasteiger partial charge in [0, 0.05) is 18.7 Å². The molecule has 0 bridgehead atoms. The summed E-state index contributed by atoms with van der Waals surface area (Å²) < 4.78 is 3.35. The van der Waals surface area contributed by atoms with Gasteiger partial charge in [-0.2, -0.15) is 5.10 Å². The number of aryl methyl sites for hydroxylation is 1. The summed E-state index contributed by atoms with van der Waals surface area (Å²) in [6.07, 6.45) is 3.44. The molecule has 0 radical (unpaired) electrons. The monoisotopic (exact) mass is 240 g/mol. The molecule has 0 saturated carbocycles. The van der Waals surface area contributed by atoms with Crippen LogP contribution in [0.4, 0.5) is 5.82 Å². The molecule has 0 saturated heterocycles. The molecule has 3 aromatic rings. The fourth-order valence-corrected chi connectivity index (χ4v) is 1.78. The minimum absolute atomic E-state index is 0.635. The first-order chi connectivity index (χ1) is 8.74. The number of rotatable bonds is 2. The van der Waals surface area contributed by atoms with E-state index in [1.165, 1.54) is 0 Å². The number of nitrogen functional groups attached to an aromatic ring is 1. The van der Waals surface area contributed by atoms with E-state index in [2.05, 4.69) is 15.4 Å². The van der Waals surface area contributed by atoms with Crippen molar-refractivity contribution in [3.8, 4) is 16.9 Å². The van der Waals surface area contributed by atoms with Crippen molar-refractivity contribution in [2.45, 2.75) is 0 Å². The highest BCUT2D eigenvalue weighted by Crippen LogP contribution is 2.22. The van der Waals surface area contributed by atoms with Crippen LogP contribution in [0.2, 0.25) is 0 Å².